The van der Waals surface area contributed by atoms with Crippen LogP contribution in [0.5, 0.6) is 0 Å². The molecule has 5 heteroatoms. The van der Waals surface area contributed by atoms with E-state index in [0.29, 0.717) is 0 Å². The Labute approximate surface area is 154 Å². The summed E-state index contributed by atoms with van der Waals surface area (Å²) in [4.78, 5) is 9.20. The van der Waals surface area contributed by atoms with Gasteiger partial charge in [0.05, 0.1) is 11.9 Å². The first-order chi connectivity index (χ1) is 12.9. The van der Waals surface area contributed by atoms with E-state index in [2.05, 4.69) is 61.4 Å². The minimum absolute atomic E-state index is 0.948. The standard InChI is InChI=1S/C21H25N5/c1-2-5-19(6-3-1)21-20(15-23-24-21)17-26-12-4-11-25(13-14-26)16-18-7-9-22-10-8-18/h1-3,5-10,15H,4,11-14,16-17H2,(H,23,24). The van der Waals surface area contributed by atoms with Crippen molar-refractivity contribution < 1.29 is 0 Å². The largest absolute Gasteiger partial charge is 0.298 e. The Morgan fingerprint density at radius 3 is 2.35 bits per heavy atom. The van der Waals surface area contributed by atoms with Crippen LogP contribution in [0.4, 0.5) is 0 Å². The molecule has 1 N–H and O–H groups in total. The van der Waals surface area contributed by atoms with E-state index in [1.165, 1.54) is 23.1 Å². The van der Waals surface area contributed by atoms with Gasteiger partial charge in [0.15, 0.2) is 0 Å². The number of aromatic nitrogens is 3. The molecule has 1 aliphatic rings. The number of hydrogen-bond acceptors (Lipinski definition) is 4. The second-order valence-electron chi connectivity index (χ2n) is 6.90. The summed E-state index contributed by atoms with van der Waals surface area (Å²) < 4.78 is 0. The van der Waals surface area contributed by atoms with Crippen molar-refractivity contribution in [2.45, 2.75) is 19.5 Å². The molecular formula is C21H25N5. The number of H-pyrrole nitrogens is 1. The number of benzene rings is 1. The summed E-state index contributed by atoms with van der Waals surface area (Å²) in [7, 11) is 0. The molecule has 0 spiro atoms. The number of hydrogen-bond donors (Lipinski definition) is 1. The molecule has 0 atom stereocenters. The van der Waals surface area contributed by atoms with Gasteiger partial charge in [-0.25, -0.2) is 0 Å². The van der Waals surface area contributed by atoms with Gasteiger partial charge in [-0.05, 0) is 42.8 Å². The minimum Gasteiger partial charge on any atom is -0.298 e. The first-order valence-corrected chi connectivity index (χ1v) is 9.30. The third kappa shape index (κ3) is 4.18. The van der Waals surface area contributed by atoms with Crippen molar-refractivity contribution in [3.8, 4) is 11.3 Å². The Balaban J connectivity index is 1.38. The van der Waals surface area contributed by atoms with E-state index >= 15 is 0 Å². The van der Waals surface area contributed by atoms with Gasteiger partial charge >= 0.3 is 0 Å². The fourth-order valence-corrected chi connectivity index (χ4v) is 3.61. The van der Waals surface area contributed by atoms with Crippen LogP contribution in [-0.4, -0.2) is 51.2 Å². The summed E-state index contributed by atoms with van der Waals surface area (Å²) in [5.74, 6) is 0. The molecule has 0 saturated carbocycles. The number of rotatable bonds is 5. The third-order valence-corrected chi connectivity index (χ3v) is 5.01. The lowest BCUT2D eigenvalue weighted by Crippen LogP contribution is -2.30. The molecule has 2 aromatic heterocycles. The summed E-state index contributed by atoms with van der Waals surface area (Å²) in [6.45, 7) is 6.43. The molecule has 1 aliphatic heterocycles. The normalized spacial score (nSPS) is 16.5. The minimum atomic E-state index is 0.948. The van der Waals surface area contributed by atoms with Crippen molar-refractivity contribution in [1.29, 1.82) is 0 Å². The number of pyridine rings is 1. The Kier molecular flexibility index (Phi) is 5.38. The highest BCUT2D eigenvalue weighted by Gasteiger charge is 2.17. The molecule has 1 aromatic carbocycles. The zero-order chi connectivity index (χ0) is 17.6. The second kappa shape index (κ2) is 8.25. The van der Waals surface area contributed by atoms with Gasteiger partial charge in [0.25, 0.3) is 0 Å². The summed E-state index contributed by atoms with van der Waals surface area (Å²) in [5.41, 5.74) is 4.96. The molecule has 134 valence electrons. The number of nitrogens with zero attached hydrogens (tertiary/aromatic N) is 4. The van der Waals surface area contributed by atoms with Gasteiger partial charge in [0.2, 0.25) is 0 Å². The van der Waals surface area contributed by atoms with E-state index in [-0.39, 0.29) is 0 Å². The van der Waals surface area contributed by atoms with Gasteiger partial charge < -0.3 is 0 Å². The van der Waals surface area contributed by atoms with Crippen LogP contribution in [0.25, 0.3) is 11.3 Å². The maximum atomic E-state index is 4.29. The Morgan fingerprint density at radius 1 is 0.846 bits per heavy atom. The van der Waals surface area contributed by atoms with Gasteiger partial charge in [-0.2, -0.15) is 5.10 Å². The predicted octanol–water partition coefficient (Wildman–Crippen LogP) is 3.18. The van der Waals surface area contributed by atoms with Crippen LogP contribution in [0.2, 0.25) is 0 Å². The summed E-state index contributed by atoms with van der Waals surface area (Å²) in [6.07, 6.45) is 6.93. The lowest BCUT2D eigenvalue weighted by molar-refractivity contribution is 0.247. The van der Waals surface area contributed by atoms with Crippen LogP contribution in [0.3, 0.4) is 0 Å². The lowest BCUT2D eigenvalue weighted by atomic mass is 10.1. The van der Waals surface area contributed by atoms with Gasteiger partial charge in [0.1, 0.15) is 0 Å². The molecule has 1 saturated heterocycles. The highest BCUT2D eigenvalue weighted by molar-refractivity contribution is 5.62. The molecule has 0 aliphatic carbocycles. The van der Waals surface area contributed by atoms with E-state index in [1.807, 2.05) is 24.7 Å². The van der Waals surface area contributed by atoms with Crippen LogP contribution < -0.4 is 0 Å². The van der Waals surface area contributed by atoms with Crippen molar-refractivity contribution in [1.82, 2.24) is 25.0 Å². The molecule has 5 nitrogen and oxygen atoms in total. The van der Waals surface area contributed by atoms with Crippen LogP contribution in [0, 0.1) is 0 Å². The van der Waals surface area contributed by atoms with Crippen LogP contribution >= 0.6 is 0 Å². The second-order valence-corrected chi connectivity index (χ2v) is 6.90. The maximum absolute atomic E-state index is 4.29. The zero-order valence-corrected chi connectivity index (χ0v) is 15.0. The van der Waals surface area contributed by atoms with Crippen molar-refractivity contribution in [3.63, 3.8) is 0 Å². The molecule has 0 bridgehead atoms. The molecule has 26 heavy (non-hydrogen) atoms. The lowest BCUT2D eigenvalue weighted by Gasteiger charge is -2.22. The topological polar surface area (TPSA) is 48.1 Å². The quantitative estimate of drug-likeness (QED) is 0.770. The van der Waals surface area contributed by atoms with E-state index < -0.39 is 0 Å². The zero-order valence-electron chi connectivity index (χ0n) is 15.0. The molecule has 0 amide bonds. The van der Waals surface area contributed by atoms with Gasteiger partial charge in [-0.15, -0.1) is 0 Å². The monoisotopic (exact) mass is 347 g/mol. The Morgan fingerprint density at radius 2 is 1.58 bits per heavy atom. The smallest absolute Gasteiger partial charge is 0.0695 e. The highest BCUT2D eigenvalue weighted by Crippen LogP contribution is 2.22. The highest BCUT2D eigenvalue weighted by atomic mass is 15.2. The molecule has 0 unspecified atom stereocenters. The molecule has 0 radical (unpaired) electrons. The van der Waals surface area contributed by atoms with Crippen molar-refractivity contribution >= 4 is 0 Å². The fourth-order valence-electron chi connectivity index (χ4n) is 3.61. The molecular weight excluding hydrogens is 322 g/mol. The SMILES string of the molecule is c1ccc(-c2[nH]ncc2CN2CCCN(Cc3ccncc3)CC2)cc1. The summed E-state index contributed by atoms with van der Waals surface area (Å²) >= 11 is 0. The summed E-state index contributed by atoms with van der Waals surface area (Å²) in [6, 6.07) is 14.7. The van der Waals surface area contributed by atoms with Gasteiger partial charge in [-0.3, -0.25) is 19.9 Å². The first-order valence-electron chi connectivity index (χ1n) is 9.30. The Hall–Kier alpha value is -2.50. The average molecular weight is 347 g/mol. The fraction of sp³-hybridized carbons (Fsp3) is 0.333. The van der Waals surface area contributed by atoms with E-state index in [1.54, 1.807) is 0 Å². The van der Waals surface area contributed by atoms with Crippen molar-refractivity contribution in [2.75, 3.05) is 26.2 Å². The third-order valence-electron chi connectivity index (χ3n) is 5.01. The van der Waals surface area contributed by atoms with Crippen molar-refractivity contribution in [2.24, 2.45) is 0 Å². The maximum Gasteiger partial charge on any atom is 0.0695 e. The molecule has 4 rings (SSSR count). The van der Waals surface area contributed by atoms with E-state index in [0.717, 1.165) is 45.0 Å². The number of aromatic amines is 1. The van der Waals surface area contributed by atoms with Gasteiger partial charge in [-0.1, -0.05) is 30.3 Å². The van der Waals surface area contributed by atoms with E-state index in [4.69, 9.17) is 0 Å². The molecule has 3 heterocycles. The van der Waals surface area contributed by atoms with E-state index in [9.17, 15) is 0 Å². The van der Waals surface area contributed by atoms with Crippen LogP contribution in [-0.2, 0) is 13.1 Å². The van der Waals surface area contributed by atoms with Crippen LogP contribution in [0.1, 0.15) is 17.5 Å². The molecule has 1 fully saturated rings. The number of nitrogens with one attached hydrogen (secondary N) is 1. The van der Waals surface area contributed by atoms with Gasteiger partial charge in [0, 0.05) is 44.1 Å². The predicted molar refractivity (Wildman–Crippen MR) is 103 cm³/mol. The molecule has 3 aromatic rings. The average Bonchev–Trinajstić information content (AvgIpc) is 3.04. The van der Waals surface area contributed by atoms with Crippen LogP contribution in [0.15, 0.2) is 61.1 Å². The van der Waals surface area contributed by atoms with Crippen molar-refractivity contribution in [3.05, 3.63) is 72.2 Å². The first kappa shape index (κ1) is 16.9. The summed E-state index contributed by atoms with van der Waals surface area (Å²) in [5, 5.41) is 7.47. The Bertz CT molecular complexity index is 800.